The first-order chi connectivity index (χ1) is 8.57. The summed E-state index contributed by atoms with van der Waals surface area (Å²) >= 11 is 0. The van der Waals surface area contributed by atoms with E-state index in [4.69, 9.17) is 9.47 Å². The van der Waals surface area contributed by atoms with Crippen LogP contribution in [0, 0.1) is 0 Å². The number of nitrogens with one attached hydrogen (secondary N) is 1. The highest BCUT2D eigenvalue weighted by Crippen LogP contribution is 2.12. The maximum absolute atomic E-state index is 11.3. The van der Waals surface area contributed by atoms with E-state index in [1.165, 1.54) is 0 Å². The Bertz CT molecular complexity index is 298. The van der Waals surface area contributed by atoms with Crippen LogP contribution in [0.4, 0.5) is 0 Å². The van der Waals surface area contributed by atoms with E-state index in [2.05, 4.69) is 5.32 Å². The van der Waals surface area contributed by atoms with Gasteiger partial charge in [0.15, 0.2) is 6.29 Å². The van der Waals surface area contributed by atoms with Crippen LogP contribution in [-0.4, -0.2) is 52.0 Å². The molecular weight excluding hydrogens is 254 g/mol. The Morgan fingerprint density at radius 2 is 1.72 bits per heavy atom. The highest BCUT2D eigenvalue weighted by molar-refractivity contribution is 7.91. The average molecular weight is 279 g/mol. The molecule has 1 N–H and O–H groups in total. The van der Waals surface area contributed by atoms with Gasteiger partial charge in [-0.2, -0.15) is 0 Å². The second kappa shape index (κ2) is 8.09. The molecule has 6 heteroatoms. The summed E-state index contributed by atoms with van der Waals surface area (Å²) < 4.78 is 33.5. The van der Waals surface area contributed by atoms with Crippen molar-refractivity contribution in [1.29, 1.82) is 0 Å². The van der Waals surface area contributed by atoms with Gasteiger partial charge in [0.05, 0.1) is 11.5 Å². The van der Waals surface area contributed by atoms with E-state index in [9.17, 15) is 8.42 Å². The van der Waals surface area contributed by atoms with E-state index in [1.807, 2.05) is 13.8 Å². The lowest BCUT2D eigenvalue weighted by Crippen LogP contribution is -2.39. The molecule has 0 aromatic carbocycles. The van der Waals surface area contributed by atoms with E-state index in [0.717, 1.165) is 25.8 Å². The Kier molecular flexibility index (Phi) is 7.14. The summed E-state index contributed by atoms with van der Waals surface area (Å²) in [5.74, 6) is 0.621. The van der Waals surface area contributed by atoms with Crippen LogP contribution in [0.5, 0.6) is 0 Å². The Hall–Kier alpha value is -0.170. The molecule has 1 aliphatic rings. The van der Waals surface area contributed by atoms with Crippen molar-refractivity contribution < 1.29 is 17.9 Å². The summed E-state index contributed by atoms with van der Waals surface area (Å²) in [5, 5.41) is 3.38. The molecule has 0 aromatic rings. The van der Waals surface area contributed by atoms with Crippen LogP contribution in [0.25, 0.3) is 0 Å². The normalized spacial score (nSPS) is 20.4. The maximum Gasteiger partial charge on any atom is 0.158 e. The molecule has 1 rings (SSSR count). The summed E-state index contributed by atoms with van der Waals surface area (Å²) in [7, 11) is -2.76. The van der Waals surface area contributed by atoms with Gasteiger partial charge in [0.1, 0.15) is 9.84 Å². The second-order valence-corrected chi connectivity index (χ2v) is 6.81. The van der Waals surface area contributed by atoms with Gasteiger partial charge in [-0.25, -0.2) is 8.42 Å². The molecule has 0 bridgehead atoms. The van der Waals surface area contributed by atoms with Gasteiger partial charge in [0.25, 0.3) is 0 Å². The Morgan fingerprint density at radius 1 is 1.17 bits per heavy atom. The van der Waals surface area contributed by atoms with E-state index < -0.39 is 9.84 Å². The monoisotopic (exact) mass is 279 g/mol. The summed E-state index contributed by atoms with van der Waals surface area (Å²) in [6, 6.07) is 0.317. The largest absolute Gasteiger partial charge is 0.353 e. The van der Waals surface area contributed by atoms with Crippen molar-refractivity contribution >= 4 is 9.84 Å². The number of sulfone groups is 1. The van der Waals surface area contributed by atoms with Crippen molar-refractivity contribution in [2.24, 2.45) is 0 Å². The van der Waals surface area contributed by atoms with Crippen molar-refractivity contribution in [2.45, 2.75) is 45.4 Å². The number of rotatable bonds is 8. The van der Waals surface area contributed by atoms with Gasteiger partial charge in [0.2, 0.25) is 0 Å². The third-order valence-corrected chi connectivity index (χ3v) is 4.79. The molecule has 0 amide bonds. The standard InChI is InChI=1S/C12H25NO4S/c1-3-16-12(17-4-2)5-8-13-11-6-9-18(14,15)10-7-11/h11-13H,3-10H2,1-2H3. The van der Waals surface area contributed by atoms with E-state index >= 15 is 0 Å². The molecule has 18 heavy (non-hydrogen) atoms. The lowest BCUT2D eigenvalue weighted by atomic mass is 10.1. The molecule has 0 saturated carbocycles. The van der Waals surface area contributed by atoms with Crippen molar-refractivity contribution in [1.82, 2.24) is 5.32 Å². The van der Waals surface area contributed by atoms with Gasteiger partial charge in [-0.05, 0) is 26.7 Å². The van der Waals surface area contributed by atoms with E-state index in [1.54, 1.807) is 0 Å². The number of hydrogen-bond acceptors (Lipinski definition) is 5. The van der Waals surface area contributed by atoms with Crippen molar-refractivity contribution in [3.63, 3.8) is 0 Å². The van der Waals surface area contributed by atoms with Gasteiger partial charge in [-0.3, -0.25) is 0 Å². The minimum atomic E-state index is -2.76. The van der Waals surface area contributed by atoms with E-state index in [-0.39, 0.29) is 6.29 Å². The fraction of sp³-hybridized carbons (Fsp3) is 1.00. The lowest BCUT2D eigenvalue weighted by Gasteiger charge is -2.24. The van der Waals surface area contributed by atoms with Crippen LogP contribution in [0.3, 0.4) is 0 Å². The van der Waals surface area contributed by atoms with Gasteiger partial charge < -0.3 is 14.8 Å². The third kappa shape index (κ3) is 6.13. The topological polar surface area (TPSA) is 64.6 Å². The smallest absolute Gasteiger partial charge is 0.158 e. The SMILES string of the molecule is CCOC(CCNC1CCS(=O)(=O)CC1)OCC. The highest BCUT2D eigenvalue weighted by atomic mass is 32.2. The minimum Gasteiger partial charge on any atom is -0.353 e. The molecule has 0 atom stereocenters. The average Bonchev–Trinajstić information content (AvgIpc) is 2.32. The molecule has 1 fully saturated rings. The van der Waals surface area contributed by atoms with Crippen LogP contribution in [0.2, 0.25) is 0 Å². The van der Waals surface area contributed by atoms with Gasteiger partial charge in [0, 0.05) is 32.2 Å². The number of ether oxygens (including phenoxy) is 2. The first-order valence-electron chi connectivity index (χ1n) is 6.74. The van der Waals surface area contributed by atoms with Crippen molar-refractivity contribution in [3.8, 4) is 0 Å². The summed E-state index contributed by atoms with van der Waals surface area (Å²) in [5.41, 5.74) is 0. The molecule has 0 aromatic heterocycles. The Balaban J connectivity index is 2.17. The molecule has 1 aliphatic heterocycles. The second-order valence-electron chi connectivity index (χ2n) is 4.51. The zero-order valence-corrected chi connectivity index (χ0v) is 12.2. The molecule has 108 valence electrons. The first-order valence-corrected chi connectivity index (χ1v) is 8.56. The molecule has 1 heterocycles. The summed E-state index contributed by atoms with van der Waals surface area (Å²) in [6.45, 7) is 5.99. The molecule has 0 spiro atoms. The van der Waals surface area contributed by atoms with Crippen molar-refractivity contribution in [2.75, 3.05) is 31.3 Å². The van der Waals surface area contributed by atoms with Crippen LogP contribution >= 0.6 is 0 Å². The van der Waals surface area contributed by atoms with Crippen LogP contribution < -0.4 is 5.32 Å². The zero-order chi connectivity index (χ0) is 13.4. The fourth-order valence-corrected chi connectivity index (χ4v) is 3.58. The van der Waals surface area contributed by atoms with E-state index in [0.29, 0.717) is 30.8 Å². The molecule has 0 aliphatic carbocycles. The Labute approximate surface area is 110 Å². The number of hydrogen-bond donors (Lipinski definition) is 1. The first kappa shape index (κ1) is 15.9. The van der Waals surface area contributed by atoms with Gasteiger partial charge in [-0.15, -0.1) is 0 Å². The molecule has 5 nitrogen and oxygen atoms in total. The zero-order valence-electron chi connectivity index (χ0n) is 11.4. The van der Waals surface area contributed by atoms with Gasteiger partial charge >= 0.3 is 0 Å². The molecule has 0 unspecified atom stereocenters. The predicted octanol–water partition coefficient (Wildman–Crippen LogP) is 0.942. The maximum atomic E-state index is 11.3. The summed E-state index contributed by atoms with van der Waals surface area (Å²) in [6.07, 6.45) is 2.08. The third-order valence-electron chi connectivity index (χ3n) is 3.07. The molecule has 1 saturated heterocycles. The minimum absolute atomic E-state index is 0.153. The molecular formula is C12H25NO4S. The highest BCUT2D eigenvalue weighted by Gasteiger charge is 2.23. The van der Waals surface area contributed by atoms with Crippen molar-refractivity contribution in [3.05, 3.63) is 0 Å². The lowest BCUT2D eigenvalue weighted by molar-refractivity contribution is -0.138. The van der Waals surface area contributed by atoms with Gasteiger partial charge in [-0.1, -0.05) is 0 Å². The quantitative estimate of drug-likeness (QED) is 0.670. The van der Waals surface area contributed by atoms with Crippen LogP contribution in [0.15, 0.2) is 0 Å². The summed E-state index contributed by atoms with van der Waals surface area (Å²) in [4.78, 5) is 0. The Morgan fingerprint density at radius 3 is 2.22 bits per heavy atom. The molecule has 0 radical (unpaired) electrons. The van der Waals surface area contributed by atoms with Crippen LogP contribution in [-0.2, 0) is 19.3 Å². The predicted molar refractivity (Wildman–Crippen MR) is 71.3 cm³/mol. The van der Waals surface area contributed by atoms with Crippen LogP contribution in [0.1, 0.15) is 33.1 Å². The fourth-order valence-electron chi connectivity index (χ4n) is 2.09.